The zero-order chi connectivity index (χ0) is 26.6. The van der Waals surface area contributed by atoms with Gasteiger partial charge in [0, 0.05) is 59.9 Å². The molecule has 0 atom stereocenters. The van der Waals surface area contributed by atoms with Crippen molar-refractivity contribution in [2.24, 2.45) is 0 Å². The summed E-state index contributed by atoms with van der Waals surface area (Å²) in [5, 5.41) is 0. The Morgan fingerprint density at radius 1 is 0.459 bits per heavy atom. The van der Waals surface area contributed by atoms with Crippen LogP contribution in [0.2, 0.25) is 0 Å². The summed E-state index contributed by atoms with van der Waals surface area (Å²) in [5.74, 6) is 37.3. The SMILES string of the molecule is CC#Cc1cc(C#CC)cc(C#Cc2cncc(C#Cc3cc(C#CC)cc(C#CC)c3)c2N(C)C)c1. The van der Waals surface area contributed by atoms with E-state index in [0.29, 0.717) is 0 Å². The van der Waals surface area contributed by atoms with Gasteiger partial charge in [-0.3, -0.25) is 4.98 Å². The Balaban J connectivity index is 2.09. The second kappa shape index (κ2) is 13.0. The molecule has 1 aromatic heterocycles. The Morgan fingerprint density at radius 2 is 0.757 bits per heavy atom. The Labute approximate surface area is 221 Å². The third-order valence-corrected chi connectivity index (χ3v) is 4.99. The van der Waals surface area contributed by atoms with Crippen molar-refractivity contribution in [3.63, 3.8) is 0 Å². The molecule has 3 aromatic rings. The zero-order valence-electron chi connectivity index (χ0n) is 22.0. The first-order valence-corrected chi connectivity index (χ1v) is 11.7. The highest BCUT2D eigenvalue weighted by Gasteiger charge is 2.09. The highest BCUT2D eigenvalue weighted by Crippen LogP contribution is 2.22. The van der Waals surface area contributed by atoms with Gasteiger partial charge in [0.05, 0.1) is 16.8 Å². The fourth-order valence-electron chi connectivity index (χ4n) is 3.66. The third kappa shape index (κ3) is 7.36. The lowest BCUT2D eigenvalue weighted by atomic mass is 10.0. The monoisotopic (exact) mass is 474 g/mol. The maximum atomic E-state index is 4.42. The molecule has 0 saturated carbocycles. The van der Waals surface area contributed by atoms with E-state index in [1.165, 1.54) is 0 Å². The van der Waals surface area contributed by atoms with Crippen molar-refractivity contribution in [3.05, 3.63) is 93.3 Å². The van der Waals surface area contributed by atoms with E-state index in [9.17, 15) is 0 Å². The molecule has 0 saturated heterocycles. The molecule has 0 fully saturated rings. The summed E-state index contributed by atoms with van der Waals surface area (Å²) in [6, 6.07) is 11.8. The molecule has 0 N–H and O–H groups in total. The van der Waals surface area contributed by atoms with E-state index in [-0.39, 0.29) is 0 Å². The normalized spacial score (nSPS) is 8.59. The predicted molar refractivity (Wildman–Crippen MR) is 154 cm³/mol. The van der Waals surface area contributed by atoms with Crippen LogP contribution in [0.1, 0.15) is 72.2 Å². The first kappa shape index (κ1) is 26.4. The molecule has 2 aromatic carbocycles. The highest BCUT2D eigenvalue weighted by molar-refractivity contribution is 5.69. The summed E-state index contributed by atoms with van der Waals surface area (Å²) in [4.78, 5) is 6.43. The fourth-order valence-corrected chi connectivity index (χ4v) is 3.66. The minimum atomic E-state index is 0.787. The summed E-state index contributed by atoms with van der Waals surface area (Å²) in [6.07, 6.45) is 3.53. The number of pyridine rings is 1. The van der Waals surface area contributed by atoms with Gasteiger partial charge in [-0.2, -0.15) is 0 Å². The van der Waals surface area contributed by atoms with E-state index in [1.807, 2.05) is 83.1 Å². The molecule has 0 bridgehead atoms. The van der Waals surface area contributed by atoms with Gasteiger partial charge in [-0.15, -0.1) is 23.7 Å². The van der Waals surface area contributed by atoms with Gasteiger partial charge < -0.3 is 4.90 Å². The molecule has 0 unspecified atom stereocenters. The maximum absolute atomic E-state index is 4.42. The van der Waals surface area contributed by atoms with Crippen LogP contribution in [0.5, 0.6) is 0 Å². The smallest absolute Gasteiger partial charge is 0.0711 e. The van der Waals surface area contributed by atoms with E-state index in [2.05, 4.69) is 76.0 Å². The highest BCUT2D eigenvalue weighted by atomic mass is 15.1. The van der Waals surface area contributed by atoms with Crippen LogP contribution in [-0.2, 0) is 0 Å². The molecule has 2 nitrogen and oxygen atoms in total. The number of hydrogen-bond donors (Lipinski definition) is 0. The van der Waals surface area contributed by atoms with Crippen molar-refractivity contribution in [1.29, 1.82) is 0 Å². The van der Waals surface area contributed by atoms with Crippen molar-refractivity contribution in [1.82, 2.24) is 4.98 Å². The first-order valence-electron chi connectivity index (χ1n) is 11.7. The van der Waals surface area contributed by atoms with E-state index in [4.69, 9.17) is 0 Å². The molecule has 0 aliphatic carbocycles. The minimum Gasteiger partial charge on any atom is -0.376 e. The average Bonchev–Trinajstić information content (AvgIpc) is 2.87. The summed E-state index contributed by atoms with van der Waals surface area (Å²) in [7, 11) is 3.95. The lowest BCUT2D eigenvalue weighted by Crippen LogP contribution is -2.12. The van der Waals surface area contributed by atoms with Crippen molar-refractivity contribution in [3.8, 4) is 71.0 Å². The molecule has 0 aliphatic rings. The van der Waals surface area contributed by atoms with Crippen LogP contribution in [0.25, 0.3) is 0 Å². The number of aromatic nitrogens is 1. The van der Waals surface area contributed by atoms with Crippen LogP contribution in [0.15, 0.2) is 48.8 Å². The number of hydrogen-bond acceptors (Lipinski definition) is 2. The van der Waals surface area contributed by atoms with Gasteiger partial charge in [-0.25, -0.2) is 0 Å². The van der Waals surface area contributed by atoms with E-state index in [0.717, 1.165) is 50.2 Å². The molecule has 1 heterocycles. The molecule has 0 aliphatic heterocycles. The fraction of sp³-hybridized carbons (Fsp3) is 0.171. The Morgan fingerprint density at radius 3 is 1.03 bits per heavy atom. The van der Waals surface area contributed by atoms with Crippen molar-refractivity contribution in [2.75, 3.05) is 19.0 Å². The number of nitrogens with zero attached hydrogens (tertiary/aromatic N) is 2. The molecule has 0 radical (unpaired) electrons. The van der Waals surface area contributed by atoms with E-state index >= 15 is 0 Å². The lowest BCUT2D eigenvalue weighted by molar-refractivity contribution is 1.11. The average molecular weight is 475 g/mol. The Kier molecular flexibility index (Phi) is 9.26. The number of anilines is 1. The van der Waals surface area contributed by atoms with Crippen molar-refractivity contribution >= 4 is 5.69 Å². The third-order valence-electron chi connectivity index (χ3n) is 4.99. The molecular weight excluding hydrogens is 448 g/mol. The van der Waals surface area contributed by atoms with E-state index in [1.54, 1.807) is 12.4 Å². The van der Waals surface area contributed by atoms with Gasteiger partial charge in [0.15, 0.2) is 0 Å². The number of benzene rings is 2. The van der Waals surface area contributed by atoms with E-state index < -0.39 is 0 Å². The Hall–Kier alpha value is -5.25. The van der Waals surface area contributed by atoms with Crippen LogP contribution in [0.3, 0.4) is 0 Å². The minimum absolute atomic E-state index is 0.787. The van der Waals surface area contributed by atoms with Crippen LogP contribution >= 0.6 is 0 Å². The lowest BCUT2D eigenvalue weighted by Gasteiger charge is -2.16. The maximum Gasteiger partial charge on any atom is 0.0711 e. The zero-order valence-corrected chi connectivity index (χ0v) is 22.0. The molecule has 3 rings (SSSR count). The molecular formula is C35H26N2. The van der Waals surface area contributed by atoms with Crippen molar-refractivity contribution in [2.45, 2.75) is 27.7 Å². The van der Waals surface area contributed by atoms with Gasteiger partial charge in [0.25, 0.3) is 0 Å². The number of rotatable bonds is 1. The molecule has 0 spiro atoms. The molecule has 176 valence electrons. The topological polar surface area (TPSA) is 16.1 Å². The first-order chi connectivity index (χ1) is 18.0. The standard InChI is InChI=1S/C35H26N2/c1-7-11-27-19-28(12-8-2)22-31(21-27)15-17-33-25-36-26-34(35(33)37(5)6)18-16-32-23-29(13-9-3)20-30(24-32)14-10-4/h19-26H,1-6H3. The predicted octanol–water partition coefficient (Wildman–Crippen LogP) is 5.43. The summed E-state index contributed by atoms with van der Waals surface area (Å²) >= 11 is 0. The quantitative estimate of drug-likeness (QED) is 0.437. The molecule has 2 heteroatoms. The largest absolute Gasteiger partial charge is 0.376 e. The summed E-state index contributed by atoms with van der Waals surface area (Å²) in [5.41, 5.74) is 7.73. The van der Waals surface area contributed by atoms with Gasteiger partial charge in [0.1, 0.15) is 0 Å². The summed E-state index contributed by atoms with van der Waals surface area (Å²) < 4.78 is 0. The van der Waals surface area contributed by atoms with Gasteiger partial charge in [0.2, 0.25) is 0 Å². The van der Waals surface area contributed by atoms with Gasteiger partial charge >= 0.3 is 0 Å². The second-order valence-electron chi connectivity index (χ2n) is 8.08. The van der Waals surface area contributed by atoms with Crippen LogP contribution in [-0.4, -0.2) is 19.1 Å². The Bertz CT molecular complexity index is 1520. The van der Waals surface area contributed by atoms with Crippen molar-refractivity contribution < 1.29 is 0 Å². The second-order valence-corrected chi connectivity index (χ2v) is 8.08. The molecule has 37 heavy (non-hydrogen) atoms. The molecule has 0 amide bonds. The van der Waals surface area contributed by atoms with Crippen LogP contribution in [0.4, 0.5) is 5.69 Å². The van der Waals surface area contributed by atoms with Crippen LogP contribution in [0, 0.1) is 71.0 Å². The van der Waals surface area contributed by atoms with Crippen LogP contribution < -0.4 is 4.90 Å². The van der Waals surface area contributed by atoms with Gasteiger partial charge in [-0.05, 0) is 64.1 Å². The summed E-state index contributed by atoms with van der Waals surface area (Å²) in [6.45, 7) is 7.26. The van der Waals surface area contributed by atoms with Gasteiger partial charge in [-0.1, -0.05) is 47.4 Å².